The van der Waals surface area contributed by atoms with E-state index in [4.69, 9.17) is 0 Å². The molecular weight excluding hydrogens is 190 g/mol. The van der Waals surface area contributed by atoms with Gasteiger partial charge in [0.05, 0.1) is 6.54 Å². The standard InChI is InChI=1S/C11H17N3O/c15-11(9-13-10-3-4-10)12-5-8-14-6-1-2-7-14/h1-2,6-7,10,13H,3-5,8-9H2,(H,12,15). The molecule has 4 heteroatoms. The van der Waals surface area contributed by atoms with Crippen molar-refractivity contribution in [2.45, 2.75) is 25.4 Å². The van der Waals surface area contributed by atoms with Crippen LogP contribution >= 0.6 is 0 Å². The summed E-state index contributed by atoms with van der Waals surface area (Å²) in [4.78, 5) is 11.3. The number of aromatic nitrogens is 1. The van der Waals surface area contributed by atoms with Crippen LogP contribution in [0.2, 0.25) is 0 Å². The van der Waals surface area contributed by atoms with Gasteiger partial charge in [-0.15, -0.1) is 0 Å². The summed E-state index contributed by atoms with van der Waals surface area (Å²) in [5, 5.41) is 6.06. The molecule has 4 nitrogen and oxygen atoms in total. The third-order valence-electron chi connectivity index (χ3n) is 2.49. The Balaban J connectivity index is 1.54. The molecular formula is C11H17N3O. The third-order valence-corrected chi connectivity index (χ3v) is 2.49. The number of nitrogens with one attached hydrogen (secondary N) is 2. The van der Waals surface area contributed by atoms with E-state index in [0.29, 0.717) is 19.1 Å². The number of carbonyl (C=O) groups excluding carboxylic acids is 1. The molecule has 1 saturated carbocycles. The highest BCUT2D eigenvalue weighted by Gasteiger charge is 2.20. The molecule has 1 amide bonds. The van der Waals surface area contributed by atoms with Gasteiger partial charge in [0, 0.05) is 31.5 Å². The molecule has 0 aromatic carbocycles. The van der Waals surface area contributed by atoms with Gasteiger partial charge in [-0.25, -0.2) is 0 Å². The van der Waals surface area contributed by atoms with E-state index < -0.39 is 0 Å². The molecule has 1 aliphatic rings. The van der Waals surface area contributed by atoms with E-state index in [-0.39, 0.29) is 5.91 Å². The molecule has 1 aromatic heterocycles. The van der Waals surface area contributed by atoms with Gasteiger partial charge in [-0.2, -0.15) is 0 Å². The Labute approximate surface area is 89.7 Å². The van der Waals surface area contributed by atoms with Crippen molar-refractivity contribution in [1.29, 1.82) is 0 Å². The summed E-state index contributed by atoms with van der Waals surface area (Å²) in [6, 6.07) is 4.56. The Hall–Kier alpha value is -1.29. The fourth-order valence-corrected chi connectivity index (χ4v) is 1.43. The van der Waals surface area contributed by atoms with Gasteiger partial charge < -0.3 is 15.2 Å². The van der Waals surface area contributed by atoms with E-state index in [1.807, 2.05) is 24.5 Å². The quantitative estimate of drug-likeness (QED) is 0.707. The maximum absolute atomic E-state index is 11.3. The van der Waals surface area contributed by atoms with Crippen molar-refractivity contribution in [3.8, 4) is 0 Å². The lowest BCUT2D eigenvalue weighted by molar-refractivity contribution is -0.120. The average Bonchev–Trinajstić information content (AvgIpc) is 2.92. The maximum Gasteiger partial charge on any atom is 0.234 e. The largest absolute Gasteiger partial charge is 0.353 e. The first-order valence-electron chi connectivity index (χ1n) is 5.45. The number of nitrogens with zero attached hydrogens (tertiary/aromatic N) is 1. The molecule has 2 rings (SSSR count). The molecule has 1 aliphatic carbocycles. The zero-order valence-corrected chi connectivity index (χ0v) is 8.78. The zero-order chi connectivity index (χ0) is 10.5. The molecule has 0 radical (unpaired) electrons. The summed E-state index contributed by atoms with van der Waals surface area (Å²) in [6.07, 6.45) is 6.43. The molecule has 1 fully saturated rings. The van der Waals surface area contributed by atoms with Gasteiger partial charge in [-0.3, -0.25) is 4.79 Å². The molecule has 15 heavy (non-hydrogen) atoms. The summed E-state index contributed by atoms with van der Waals surface area (Å²) in [6.45, 7) is 1.98. The SMILES string of the molecule is O=C(CNC1CC1)NCCn1cccc1. The first-order chi connectivity index (χ1) is 7.34. The van der Waals surface area contributed by atoms with Crippen molar-refractivity contribution in [2.24, 2.45) is 0 Å². The van der Waals surface area contributed by atoms with Crippen molar-refractivity contribution in [1.82, 2.24) is 15.2 Å². The van der Waals surface area contributed by atoms with Crippen LogP contribution in [-0.4, -0.2) is 29.6 Å². The van der Waals surface area contributed by atoms with Crippen LogP contribution in [0.4, 0.5) is 0 Å². The smallest absolute Gasteiger partial charge is 0.234 e. The fraction of sp³-hybridized carbons (Fsp3) is 0.545. The van der Waals surface area contributed by atoms with E-state index in [2.05, 4.69) is 15.2 Å². The topological polar surface area (TPSA) is 46.1 Å². The van der Waals surface area contributed by atoms with Crippen molar-refractivity contribution in [3.05, 3.63) is 24.5 Å². The summed E-state index contributed by atoms with van der Waals surface area (Å²) in [5.74, 6) is 0.0917. The van der Waals surface area contributed by atoms with E-state index in [1.54, 1.807) is 0 Å². The first kappa shape index (κ1) is 10.2. The van der Waals surface area contributed by atoms with Crippen molar-refractivity contribution >= 4 is 5.91 Å². The lowest BCUT2D eigenvalue weighted by atomic mass is 10.5. The van der Waals surface area contributed by atoms with Gasteiger partial charge in [0.1, 0.15) is 0 Å². The molecule has 82 valence electrons. The second kappa shape index (κ2) is 4.98. The van der Waals surface area contributed by atoms with Gasteiger partial charge >= 0.3 is 0 Å². The van der Waals surface area contributed by atoms with Crippen LogP contribution < -0.4 is 10.6 Å². The fourth-order valence-electron chi connectivity index (χ4n) is 1.43. The van der Waals surface area contributed by atoms with Crippen molar-refractivity contribution < 1.29 is 4.79 Å². The van der Waals surface area contributed by atoms with Crippen LogP contribution in [-0.2, 0) is 11.3 Å². The molecule has 0 unspecified atom stereocenters. The van der Waals surface area contributed by atoms with Crippen molar-refractivity contribution in [2.75, 3.05) is 13.1 Å². The predicted octanol–water partition coefficient (Wildman–Crippen LogP) is 0.356. The number of amides is 1. The Morgan fingerprint density at radius 2 is 2.07 bits per heavy atom. The predicted molar refractivity (Wildman–Crippen MR) is 58.5 cm³/mol. The number of carbonyl (C=O) groups is 1. The van der Waals surface area contributed by atoms with Gasteiger partial charge in [0.15, 0.2) is 0 Å². The lowest BCUT2D eigenvalue weighted by Gasteiger charge is -2.06. The number of hydrogen-bond acceptors (Lipinski definition) is 2. The highest BCUT2D eigenvalue weighted by Crippen LogP contribution is 2.17. The van der Waals surface area contributed by atoms with Gasteiger partial charge in [0.25, 0.3) is 0 Å². The normalized spacial score (nSPS) is 15.2. The minimum Gasteiger partial charge on any atom is -0.353 e. The van der Waals surface area contributed by atoms with E-state index in [1.165, 1.54) is 12.8 Å². The van der Waals surface area contributed by atoms with Crippen LogP contribution in [0.15, 0.2) is 24.5 Å². The second-order valence-corrected chi connectivity index (χ2v) is 3.93. The zero-order valence-electron chi connectivity index (χ0n) is 8.78. The van der Waals surface area contributed by atoms with E-state index in [9.17, 15) is 4.79 Å². The Morgan fingerprint density at radius 3 is 2.73 bits per heavy atom. The Morgan fingerprint density at radius 1 is 1.33 bits per heavy atom. The van der Waals surface area contributed by atoms with Crippen LogP contribution in [0, 0.1) is 0 Å². The summed E-state index contributed by atoms with van der Waals surface area (Å²) in [7, 11) is 0. The minimum atomic E-state index is 0.0917. The molecule has 0 spiro atoms. The average molecular weight is 207 g/mol. The van der Waals surface area contributed by atoms with E-state index >= 15 is 0 Å². The Kier molecular flexibility index (Phi) is 3.40. The van der Waals surface area contributed by atoms with Gasteiger partial charge in [0.2, 0.25) is 5.91 Å². The first-order valence-corrected chi connectivity index (χ1v) is 5.45. The molecule has 1 heterocycles. The lowest BCUT2D eigenvalue weighted by Crippen LogP contribution is -2.36. The van der Waals surface area contributed by atoms with Crippen molar-refractivity contribution in [3.63, 3.8) is 0 Å². The second-order valence-electron chi connectivity index (χ2n) is 3.93. The molecule has 0 aliphatic heterocycles. The molecule has 1 aromatic rings. The van der Waals surface area contributed by atoms with Gasteiger partial charge in [-0.05, 0) is 25.0 Å². The molecule has 2 N–H and O–H groups in total. The molecule has 0 bridgehead atoms. The summed E-state index contributed by atoms with van der Waals surface area (Å²) in [5.41, 5.74) is 0. The highest BCUT2D eigenvalue weighted by atomic mass is 16.1. The maximum atomic E-state index is 11.3. The van der Waals surface area contributed by atoms with Crippen LogP contribution in [0.3, 0.4) is 0 Å². The van der Waals surface area contributed by atoms with E-state index in [0.717, 1.165) is 6.54 Å². The van der Waals surface area contributed by atoms with Gasteiger partial charge in [-0.1, -0.05) is 0 Å². The number of hydrogen-bond donors (Lipinski definition) is 2. The highest BCUT2D eigenvalue weighted by molar-refractivity contribution is 5.77. The monoisotopic (exact) mass is 207 g/mol. The van der Waals surface area contributed by atoms with Crippen LogP contribution in [0.25, 0.3) is 0 Å². The van der Waals surface area contributed by atoms with Crippen LogP contribution in [0.5, 0.6) is 0 Å². The third kappa shape index (κ3) is 3.75. The summed E-state index contributed by atoms with van der Waals surface area (Å²) < 4.78 is 2.05. The Bertz CT molecular complexity index is 304. The summed E-state index contributed by atoms with van der Waals surface area (Å²) >= 11 is 0. The molecule has 0 atom stereocenters. The molecule has 0 saturated heterocycles. The number of rotatable bonds is 6. The minimum absolute atomic E-state index is 0.0917. The van der Waals surface area contributed by atoms with Crippen LogP contribution in [0.1, 0.15) is 12.8 Å².